The summed E-state index contributed by atoms with van der Waals surface area (Å²) >= 11 is 0. The molecule has 0 aromatic heterocycles. The van der Waals surface area contributed by atoms with Gasteiger partial charge in [0, 0.05) is 11.8 Å². The van der Waals surface area contributed by atoms with Crippen molar-refractivity contribution in [2.24, 2.45) is 29.1 Å². The van der Waals surface area contributed by atoms with E-state index >= 15 is 0 Å². The second kappa shape index (κ2) is 6.84. The van der Waals surface area contributed by atoms with Crippen LogP contribution in [0.5, 0.6) is 0 Å². The van der Waals surface area contributed by atoms with Gasteiger partial charge in [0.25, 0.3) is 0 Å². The average Bonchev–Trinajstić information content (AvgIpc) is 3.02. The van der Waals surface area contributed by atoms with Gasteiger partial charge in [-0.1, -0.05) is 43.6 Å². The summed E-state index contributed by atoms with van der Waals surface area (Å²) in [4.78, 5) is 12.3. The second-order valence-electron chi connectivity index (χ2n) is 9.33. The Bertz CT molecular complexity index is 710. The monoisotopic (exact) mass is 366 g/mol. The molecule has 6 atom stereocenters. The Morgan fingerprint density at radius 1 is 1.37 bits per heavy atom. The van der Waals surface area contributed by atoms with E-state index in [0.717, 1.165) is 25.7 Å². The van der Waals surface area contributed by atoms with Crippen LogP contribution < -0.4 is 0 Å². The number of terminal acetylenes is 1. The molecule has 0 heterocycles. The maximum Gasteiger partial charge on any atom is 0.307 e. The highest BCUT2D eigenvalue weighted by atomic mass is 16.6. The van der Waals surface area contributed by atoms with Crippen molar-refractivity contribution in [3.8, 4) is 12.3 Å². The number of hydrogen-bond acceptors (Lipinski definition) is 2. The first-order valence-corrected chi connectivity index (χ1v) is 11.1. The van der Waals surface area contributed by atoms with Crippen LogP contribution >= 0.6 is 0 Å². The van der Waals surface area contributed by atoms with Crippen LogP contribution in [0.4, 0.5) is 0 Å². The molecule has 0 unspecified atom stereocenters. The van der Waals surface area contributed by atoms with Gasteiger partial charge in [0.2, 0.25) is 0 Å². The summed E-state index contributed by atoms with van der Waals surface area (Å²) < 4.78 is 6.07. The quantitative estimate of drug-likeness (QED) is 0.357. The fraction of sp³-hybridized carbons (Fsp3) is 0.720. The summed E-state index contributed by atoms with van der Waals surface area (Å²) in [5.74, 6) is 5.39. The molecule has 0 spiro atoms. The Balaban J connectivity index is 1.73. The Kier molecular flexibility index (Phi) is 4.77. The lowest BCUT2D eigenvalue weighted by molar-refractivity contribution is -0.169. The molecule has 4 aliphatic rings. The van der Waals surface area contributed by atoms with Crippen LogP contribution in [0.2, 0.25) is 0 Å². The number of hydrogen-bond donors (Lipinski definition) is 0. The van der Waals surface area contributed by atoms with Crippen LogP contribution in [-0.4, -0.2) is 11.6 Å². The van der Waals surface area contributed by atoms with Gasteiger partial charge in [-0.25, -0.2) is 0 Å². The first-order chi connectivity index (χ1) is 13.0. The number of carbonyl (C=O) groups is 1. The Hall–Kier alpha value is -1.49. The molecule has 0 radical (unpaired) electrons. The van der Waals surface area contributed by atoms with Gasteiger partial charge in [0.15, 0.2) is 5.60 Å². The maximum atomic E-state index is 12.3. The molecule has 0 saturated heterocycles. The number of esters is 1. The SMILES string of the molecule is C#C[C@]1(OC(=O)CC)CC[C@H]2[C@@H]3CCC4=CCCC[C@@H]4[C@H]3C(=C)C[C@@]21CC. The lowest BCUT2D eigenvalue weighted by atomic mass is 9.48. The van der Waals surface area contributed by atoms with E-state index in [2.05, 4.69) is 25.5 Å². The van der Waals surface area contributed by atoms with E-state index in [0.29, 0.717) is 30.1 Å². The molecule has 0 aromatic carbocycles. The molecule has 2 heteroatoms. The third-order valence-corrected chi connectivity index (χ3v) is 8.56. The van der Waals surface area contributed by atoms with Crippen molar-refractivity contribution in [2.75, 3.05) is 0 Å². The van der Waals surface area contributed by atoms with Crippen molar-refractivity contribution < 1.29 is 9.53 Å². The van der Waals surface area contributed by atoms with Gasteiger partial charge in [-0.05, 0) is 81.5 Å². The van der Waals surface area contributed by atoms with Crippen LogP contribution in [0.3, 0.4) is 0 Å². The van der Waals surface area contributed by atoms with Gasteiger partial charge < -0.3 is 4.74 Å². The Morgan fingerprint density at radius 3 is 2.89 bits per heavy atom. The second-order valence-corrected chi connectivity index (χ2v) is 9.33. The van der Waals surface area contributed by atoms with E-state index in [9.17, 15) is 4.79 Å². The lowest BCUT2D eigenvalue weighted by Crippen LogP contribution is -2.55. The van der Waals surface area contributed by atoms with E-state index in [-0.39, 0.29) is 11.4 Å². The molecular weight excluding hydrogens is 332 g/mol. The summed E-state index contributed by atoms with van der Waals surface area (Å²) in [6.07, 6.45) is 19.2. The third-order valence-electron chi connectivity index (χ3n) is 8.56. The summed E-state index contributed by atoms with van der Waals surface area (Å²) in [5.41, 5.74) is 2.22. The minimum Gasteiger partial charge on any atom is -0.445 e. The molecule has 27 heavy (non-hydrogen) atoms. The van der Waals surface area contributed by atoms with Gasteiger partial charge in [0.05, 0.1) is 0 Å². The van der Waals surface area contributed by atoms with Crippen molar-refractivity contribution in [1.82, 2.24) is 0 Å². The molecule has 0 aromatic rings. The molecule has 4 rings (SSSR count). The van der Waals surface area contributed by atoms with Crippen LogP contribution in [0.25, 0.3) is 0 Å². The first-order valence-electron chi connectivity index (χ1n) is 11.1. The summed E-state index contributed by atoms with van der Waals surface area (Å²) in [6, 6.07) is 0. The largest absolute Gasteiger partial charge is 0.445 e. The predicted molar refractivity (Wildman–Crippen MR) is 109 cm³/mol. The smallest absolute Gasteiger partial charge is 0.307 e. The highest BCUT2D eigenvalue weighted by molar-refractivity contribution is 5.70. The van der Waals surface area contributed by atoms with E-state index in [4.69, 9.17) is 11.2 Å². The van der Waals surface area contributed by atoms with Crippen molar-refractivity contribution >= 4 is 5.97 Å². The third kappa shape index (κ3) is 2.57. The normalized spacial score (nSPS) is 43.0. The summed E-state index contributed by atoms with van der Waals surface area (Å²) in [5, 5.41) is 0. The number of carbonyl (C=O) groups excluding carboxylic acids is 1. The topological polar surface area (TPSA) is 26.3 Å². The minimum absolute atomic E-state index is 0.124. The fourth-order valence-corrected chi connectivity index (χ4v) is 7.45. The van der Waals surface area contributed by atoms with E-state index < -0.39 is 5.60 Å². The lowest BCUT2D eigenvalue weighted by Gasteiger charge is -2.57. The zero-order valence-corrected chi connectivity index (χ0v) is 17.1. The molecule has 4 aliphatic carbocycles. The molecule has 146 valence electrons. The minimum atomic E-state index is -0.740. The molecule has 3 fully saturated rings. The maximum absolute atomic E-state index is 12.3. The van der Waals surface area contributed by atoms with Crippen LogP contribution in [0.1, 0.15) is 78.1 Å². The van der Waals surface area contributed by atoms with Gasteiger partial charge in [-0.15, -0.1) is 6.42 Å². The number of ether oxygens (including phenoxy) is 1. The number of allylic oxidation sites excluding steroid dienone is 3. The fourth-order valence-electron chi connectivity index (χ4n) is 7.45. The molecule has 0 bridgehead atoms. The van der Waals surface area contributed by atoms with E-state index in [1.807, 2.05) is 6.92 Å². The van der Waals surface area contributed by atoms with Crippen molar-refractivity contribution in [1.29, 1.82) is 0 Å². The predicted octanol–water partition coefficient (Wildman–Crippen LogP) is 5.83. The summed E-state index contributed by atoms with van der Waals surface area (Å²) in [7, 11) is 0. The zero-order chi connectivity index (χ0) is 19.2. The van der Waals surface area contributed by atoms with Crippen LogP contribution in [0.15, 0.2) is 23.8 Å². The van der Waals surface area contributed by atoms with Gasteiger partial charge in [-0.2, -0.15) is 0 Å². The average molecular weight is 367 g/mol. The first kappa shape index (κ1) is 18.9. The highest BCUT2D eigenvalue weighted by Gasteiger charge is 2.66. The Morgan fingerprint density at radius 2 is 2.19 bits per heavy atom. The van der Waals surface area contributed by atoms with Crippen molar-refractivity contribution in [3.63, 3.8) is 0 Å². The molecule has 0 N–H and O–H groups in total. The van der Waals surface area contributed by atoms with Crippen molar-refractivity contribution in [2.45, 2.75) is 83.7 Å². The van der Waals surface area contributed by atoms with E-state index in [1.54, 1.807) is 5.57 Å². The Labute approximate surface area is 164 Å². The number of rotatable bonds is 3. The highest BCUT2D eigenvalue weighted by Crippen LogP contribution is 2.68. The standard InChI is InChI=1S/C25H34O2/c1-5-22(26)27-25(7-3)15-14-21-20-13-12-18-10-8-9-11-19(18)23(20)17(4)16-24(21,25)6-2/h3,10,19-21,23H,4-6,8-9,11-16H2,1-2H3/t19-,20-,21-,23+,24-,25-/m0/s1. The molecule has 2 nitrogen and oxygen atoms in total. The molecule has 0 amide bonds. The zero-order valence-electron chi connectivity index (χ0n) is 17.1. The molecule has 3 saturated carbocycles. The van der Waals surface area contributed by atoms with Crippen molar-refractivity contribution in [3.05, 3.63) is 23.8 Å². The summed E-state index contributed by atoms with van der Waals surface area (Å²) in [6.45, 7) is 8.70. The van der Waals surface area contributed by atoms with E-state index in [1.165, 1.54) is 37.7 Å². The number of fused-ring (bicyclic) bond motifs is 5. The van der Waals surface area contributed by atoms with Gasteiger partial charge >= 0.3 is 5.97 Å². The van der Waals surface area contributed by atoms with Crippen LogP contribution in [-0.2, 0) is 9.53 Å². The molecular formula is C25H34O2. The van der Waals surface area contributed by atoms with Gasteiger partial charge in [-0.3, -0.25) is 4.79 Å². The van der Waals surface area contributed by atoms with Gasteiger partial charge in [0.1, 0.15) is 0 Å². The molecule has 0 aliphatic heterocycles. The van der Waals surface area contributed by atoms with Crippen LogP contribution in [0, 0.1) is 41.4 Å².